The molecule has 0 spiro atoms. The van der Waals surface area contributed by atoms with Crippen molar-refractivity contribution in [2.75, 3.05) is 13.2 Å². The fraction of sp³-hybridized carbons (Fsp3) is 0.868. The van der Waals surface area contributed by atoms with Gasteiger partial charge in [-0.2, -0.15) is 0 Å². The van der Waals surface area contributed by atoms with Crippen LogP contribution in [0.5, 0.6) is 0 Å². The zero-order valence-corrected chi connectivity index (χ0v) is 39.5. The lowest BCUT2D eigenvalue weighted by molar-refractivity contribution is -0.167. The molecule has 0 amide bonds. The molecule has 0 saturated heterocycles. The third-order valence-electron chi connectivity index (χ3n) is 11.4. The summed E-state index contributed by atoms with van der Waals surface area (Å²) in [6.07, 6.45) is 54.8. The molecule has 6 nitrogen and oxygen atoms in total. The van der Waals surface area contributed by atoms with Gasteiger partial charge in [-0.15, -0.1) is 0 Å². The van der Waals surface area contributed by atoms with Crippen LogP contribution in [0.1, 0.15) is 278 Å². The van der Waals surface area contributed by atoms with Crippen molar-refractivity contribution in [3.05, 3.63) is 24.3 Å². The first-order valence-corrected chi connectivity index (χ1v) is 25.8. The number of allylic oxidation sites excluding steroid dienone is 4. The first-order valence-electron chi connectivity index (χ1n) is 25.8. The summed E-state index contributed by atoms with van der Waals surface area (Å²) in [5.41, 5.74) is 0. The molecule has 1 atom stereocenters. The molecule has 0 radical (unpaired) electrons. The Labute approximate surface area is 366 Å². The molecule has 0 aliphatic carbocycles. The number of hydrogen-bond acceptors (Lipinski definition) is 6. The molecule has 0 aliphatic rings. The summed E-state index contributed by atoms with van der Waals surface area (Å²) in [6, 6.07) is 0. The fourth-order valence-electron chi connectivity index (χ4n) is 7.49. The molecule has 0 fully saturated rings. The van der Waals surface area contributed by atoms with E-state index in [9.17, 15) is 14.4 Å². The molecule has 0 aliphatic heterocycles. The second kappa shape index (κ2) is 48.6. The van der Waals surface area contributed by atoms with Crippen molar-refractivity contribution >= 4 is 17.9 Å². The molecule has 0 aromatic carbocycles. The maximum absolute atomic E-state index is 12.7. The molecule has 0 aromatic heterocycles. The van der Waals surface area contributed by atoms with E-state index in [1.165, 1.54) is 173 Å². The Bertz CT molecular complexity index is 958. The van der Waals surface area contributed by atoms with E-state index >= 15 is 0 Å². The van der Waals surface area contributed by atoms with Crippen molar-refractivity contribution in [1.82, 2.24) is 0 Å². The second-order valence-electron chi connectivity index (χ2n) is 17.4. The average molecular weight is 831 g/mol. The summed E-state index contributed by atoms with van der Waals surface area (Å²) in [4.78, 5) is 37.6. The van der Waals surface area contributed by atoms with Crippen LogP contribution in [0.2, 0.25) is 0 Å². The van der Waals surface area contributed by atoms with Crippen molar-refractivity contribution in [1.29, 1.82) is 0 Å². The van der Waals surface area contributed by atoms with Gasteiger partial charge in [0.2, 0.25) is 0 Å². The van der Waals surface area contributed by atoms with E-state index in [1.807, 2.05) is 0 Å². The molecule has 0 bridgehead atoms. The molecule has 0 N–H and O–H groups in total. The first kappa shape index (κ1) is 56.9. The number of rotatable bonds is 47. The number of carbonyl (C=O) groups excluding carboxylic acids is 3. The molecule has 1 unspecified atom stereocenters. The van der Waals surface area contributed by atoms with Crippen molar-refractivity contribution in [3.63, 3.8) is 0 Å². The van der Waals surface area contributed by atoms with Crippen molar-refractivity contribution < 1.29 is 28.6 Å². The van der Waals surface area contributed by atoms with Crippen LogP contribution in [0.3, 0.4) is 0 Å². The molecule has 0 heterocycles. The Morgan fingerprint density at radius 2 is 0.559 bits per heavy atom. The number of hydrogen-bond donors (Lipinski definition) is 0. The lowest BCUT2D eigenvalue weighted by Gasteiger charge is -2.18. The predicted molar refractivity (Wildman–Crippen MR) is 252 cm³/mol. The Kier molecular flexibility index (Phi) is 46.8. The van der Waals surface area contributed by atoms with Gasteiger partial charge in [0.1, 0.15) is 13.2 Å². The molecule has 0 rings (SSSR count). The quantitative estimate of drug-likeness (QED) is 0.0263. The minimum atomic E-state index is -0.768. The van der Waals surface area contributed by atoms with Gasteiger partial charge in [0.25, 0.3) is 0 Å². The number of carbonyl (C=O) groups is 3. The Morgan fingerprint density at radius 1 is 0.322 bits per heavy atom. The zero-order valence-electron chi connectivity index (χ0n) is 39.5. The van der Waals surface area contributed by atoms with Gasteiger partial charge in [0.15, 0.2) is 6.10 Å². The van der Waals surface area contributed by atoms with E-state index in [0.717, 1.165) is 64.2 Å². The highest BCUT2D eigenvalue weighted by Crippen LogP contribution is 2.15. The van der Waals surface area contributed by atoms with Crippen LogP contribution in [-0.4, -0.2) is 37.2 Å². The fourth-order valence-corrected chi connectivity index (χ4v) is 7.49. The second-order valence-corrected chi connectivity index (χ2v) is 17.4. The highest BCUT2D eigenvalue weighted by atomic mass is 16.6. The summed E-state index contributed by atoms with van der Waals surface area (Å²) in [5.74, 6) is -0.885. The topological polar surface area (TPSA) is 78.9 Å². The summed E-state index contributed by atoms with van der Waals surface area (Å²) in [6.45, 7) is 6.57. The lowest BCUT2D eigenvalue weighted by atomic mass is 10.1. The minimum absolute atomic E-state index is 0.0733. The van der Waals surface area contributed by atoms with E-state index in [2.05, 4.69) is 45.1 Å². The van der Waals surface area contributed by atoms with Gasteiger partial charge in [-0.05, 0) is 70.6 Å². The van der Waals surface area contributed by atoms with E-state index < -0.39 is 6.10 Å². The number of esters is 3. The number of ether oxygens (including phenoxy) is 3. The molecular weight excluding hydrogens is 733 g/mol. The Morgan fingerprint density at radius 3 is 0.847 bits per heavy atom. The van der Waals surface area contributed by atoms with E-state index in [4.69, 9.17) is 14.2 Å². The highest BCUT2D eigenvalue weighted by Gasteiger charge is 2.19. The summed E-state index contributed by atoms with van der Waals surface area (Å²) in [7, 11) is 0. The first-order chi connectivity index (χ1) is 29.0. The number of unbranched alkanes of at least 4 members (excludes halogenated alkanes) is 32. The summed E-state index contributed by atoms with van der Waals surface area (Å²) < 4.78 is 16.7. The van der Waals surface area contributed by atoms with E-state index in [-0.39, 0.29) is 31.1 Å². The maximum atomic E-state index is 12.7. The smallest absolute Gasteiger partial charge is 0.306 e. The Hall–Kier alpha value is -2.11. The highest BCUT2D eigenvalue weighted by molar-refractivity contribution is 5.71. The van der Waals surface area contributed by atoms with Crippen LogP contribution in [-0.2, 0) is 28.6 Å². The zero-order chi connectivity index (χ0) is 43.0. The largest absolute Gasteiger partial charge is 0.462 e. The standard InChI is InChI=1S/C53H98O6/c1-4-7-10-13-15-17-19-21-23-25-27-29-31-33-35-37-40-43-46-52(55)58-49-50(48-57-51(54)45-42-39-12-9-6-3)59-53(56)47-44-41-38-36-34-32-30-28-26-24-22-20-18-16-14-11-8-5-2/h23-26,50H,4-22,27-49H2,1-3H3/b25-23-,26-24-. The third-order valence-corrected chi connectivity index (χ3v) is 11.4. The van der Waals surface area contributed by atoms with Crippen molar-refractivity contribution in [3.8, 4) is 0 Å². The van der Waals surface area contributed by atoms with Crippen LogP contribution in [0.15, 0.2) is 24.3 Å². The maximum Gasteiger partial charge on any atom is 0.306 e. The van der Waals surface area contributed by atoms with Gasteiger partial charge in [0, 0.05) is 19.3 Å². The average Bonchev–Trinajstić information content (AvgIpc) is 3.23. The third kappa shape index (κ3) is 46.8. The van der Waals surface area contributed by atoms with Gasteiger partial charge in [-0.25, -0.2) is 0 Å². The molecular formula is C53H98O6. The molecule has 59 heavy (non-hydrogen) atoms. The van der Waals surface area contributed by atoms with Crippen LogP contribution >= 0.6 is 0 Å². The molecule has 0 aromatic rings. The van der Waals surface area contributed by atoms with Gasteiger partial charge in [0.05, 0.1) is 0 Å². The van der Waals surface area contributed by atoms with Crippen molar-refractivity contribution in [2.24, 2.45) is 0 Å². The SMILES string of the molecule is CCCCCCCCC/C=C\CCCCCCCCCC(=O)OCC(COC(=O)CCCCCCC)OC(=O)CCCCCCCCC/C=C\CCCCCCCCC. The van der Waals surface area contributed by atoms with Crippen molar-refractivity contribution in [2.45, 2.75) is 284 Å². The normalized spacial score (nSPS) is 12.1. The molecule has 0 saturated carbocycles. The van der Waals surface area contributed by atoms with Crippen LogP contribution in [0, 0.1) is 0 Å². The Balaban J connectivity index is 4.15. The lowest BCUT2D eigenvalue weighted by Crippen LogP contribution is -2.30. The van der Waals surface area contributed by atoms with Gasteiger partial charge < -0.3 is 14.2 Å². The molecule has 6 heteroatoms. The molecule has 346 valence electrons. The van der Waals surface area contributed by atoms with Gasteiger partial charge in [-0.1, -0.05) is 212 Å². The van der Waals surface area contributed by atoms with Crippen LogP contribution in [0.4, 0.5) is 0 Å². The van der Waals surface area contributed by atoms with E-state index in [1.54, 1.807) is 0 Å². The monoisotopic (exact) mass is 831 g/mol. The summed E-state index contributed by atoms with van der Waals surface area (Å²) in [5, 5.41) is 0. The summed E-state index contributed by atoms with van der Waals surface area (Å²) >= 11 is 0. The van der Waals surface area contributed by atoms with Gasteiger partial charge in [-0.3, -0.25) is 14.4 Å². The van der Waals surface area contributed by atoms with Crippen LogP contribution < -0.4 is 0 Å². The van der Waals surface area contributed by atoms with E-state index in [0.29, 0.717) is 19.3 Å². The van der Waals surface area contributed by atoms with Gasteiger partial charge >= 0.3 is 17.9 Å². The minimum Gasteiger partial charge on any atom is -0.462 e. The van der Waals surface area contributed by atoms with Crippen LogP contribution in [0.25, 0.3) is 0 Å². The predicted octanol–water partition coefficient (Wildman–Crippen LogP) is 16.8.